The van der Waals surface area contributed by atoms with Crippen molar-refractivity contribution < 1.29 is 5.11 Å². The minimum absolute atomic E-state index is 0.122. The maximum atomic E-state index is 9.88. The molecule has 0 aromatic carbocycles. The van der Waals surface area contributed by atoms with Gasteiger partial charge in [-0.05, 0) is 44.7 Å². The molecule has 84 valence electrons. The Balaban J connectivity index is 2.62. The molecule has 0 saturated heterocycles. The third kappa shape index (κ3) is 2.71. The lowest BCUT2D eigenvalue weighted by atomic mass is 9.70. The van der Waals surface area contributed by atoms with E-state index in [1.54, 1.807) is 0 Å². The molecule has 1 rings (SSSR count). The van der Waals surface area contributed by atoms with Gasteiger partial charge in [-0.3, -0.25) is 0 Å². The van der Waals surface area contributed by atoms with Crippen molar-refractivity contribution in [2.45, 2.75) is 52.2 Å². The van der Waals surface area contributed by atoms with Gasteiger partial charge in [0.05, 0.1) is 6.10 Å². The lowest BCUT2D eigenvalue weighted by molar-refractivity contribution is 0.00107. The number of rotatable bonds is 1. The SMILES string of the molecule is CN(C)[C@@H]1C[C@@H](C(C)(C)C)CC[C@H]1O. The molecule has 0 heterocycles. The third-order valence-electron chi connectivity index (χ3n) is 3.67. The largest absolute Gasteiger partial charge is 0.391 e. The minimum atomic E-state index is -0.122. The van der Waals surface area contributed by atoms with E-state index in [-0.39, 0.29) is 6.10 Å². The monoisotopic (exact) mass is 199 g/mol. The zero-order valence-electron chi connectivity index (χ0n) is 10.2. The molecular weight excluding hydrogens is 174 g/mol. The van der Waals surface area contributed by atoms with E-state index in [9.17, 15) is 5.11 Å². The molecule has 0 unspecified atom stereocenters. The molecule has 1 aliphatic carbocycles. The molecule has 0 radical (unpaired) electrons. The zero-order valence-corrected chi connectivity index (χ0v) is 10.2. The highest BCUT2D eigenvalue weighted by Crippen LogP contribution is 2.38. The minimum Gasteiger partial charge on any atom is -0.391 e. The Bertz CT molecular complexity index is 183. The van der Waals surface area contributed by atoms with Crippen LogP contribution in [0.15, 0.2) is 0 Å². The van der Waals surface area contributed by atoms with Gasteiger partial charge in [0.15, 0.2) is 0 Å². The van der Waals surface area contributed by atoms with E-state index in [0.29, 0.717) is 11.5 Å². The summed E-state index contributed by atoms with van der Waals surface area (Å²) in [6, 6.07) is 0.355. The molecule has 2 nitrogen and oxygen atoms in total. The molecule has 1 fully saturated rings. The number of nitrogens with zero attached hydrogens (tertiary/aromatic N) is 1. The standard InChI is InChI=1S/C12H25NO/c1-12(2,3)9-6-7-11(14)10(8-9)13(4)5/h9-11,14H,6-8H2,1-5H3/t9-,10+,11+/m0/s1. The van der Waals surface area contributed by atoms with E-state index < -0.39 is 0 Å². The van der Waals surface area contributed by atoms with Gasteiger partial charge < -0.3 is 10.0 Å². The zero-order chi connectivity index (χ0) is 10.9. The third-order valence-corrected chi connectivity index (χ3v) is 3.67. The van der Waals surface area contributed by atoms with E-state index in [1.807, 2.05) is 0 Å². The Labute approximate surface area is 88.3 Å². The maximum Gasteiger partial charge on any atom is 0.0695 e. The summed E-state index contributed by atoms with van der Waals surface area (Å²) in [6.45, 7) is 6.92. The van der Waals surface area contributed by atoms with Crippen molar-refractivity contribution in [2.75, 3.05) is 14.1 Å². The highest BCUT2D eigenvalue weighted by molar-refractivity contribution is 4.89. The lowest BCUT2D eigenvalue weighted by Crippen LogP contribution is -2.45. The molecule has 14 heavy (non-hydrogen) atoms. The number of aliphatic hydroxyl groups excluding tert-OH is 1. The van der Waals surface area contributed by atoms with Gasteiger partial charge in [-0.25, -0.2) is 0 Å². The Morgan fingerprint density at radius 3 is 2.14 bits per heavy atom. The number of likely N-dealkylation sites (N-methyl/N-ethyl adjacent to an activating group) is 1. The van der Waals surface area contributed by atoms with Gasteiger partial charge in [-0.1, -0.05) is 20.8 Å². The normalized spacial score (nSPS) is 34.9. The van der Waals surface area contributed by atoms with Gasteiger partial charge in [0.2, 0.25) is 0 Å². The molecule has 0 amide bonds. The van der Waals surface area contributed by atoms with Crippen LogP contribution in [0.3, 0.4) is 0 Å². The van der Waals surface area contributed by atoms with Crippen LogP contribution in [0.1, 0.15) is 40.0 Å². The molecule has 0 spiro atoms. The molecule has 0 bridgehead atoms. The highest BCUT2D eigenvalue weighted by atomic mass is 16.3. The van der Waals surface area contributed by atoms with E-state index in [2.05, 4.69) is 39.8 Å². The number of hydrogen-bond donors (Lipinski definition) is 1. The first-order chi connectivity index (χ1) is 6.32. The van der Waals surface area contributed by atoms with Crippen LogP contribution in [0.2, 0.25) is 0 Å². The van der Waals surface area contributed by atoms with Crippen molar-refractivity contribution in [3.63, 3.8) is 0 Å². The quantitative estimate of drug-likeness (QED) is 0.699. The average Bonchev–Trinajstić information content (AvgIpc) is 2.02. The van der Waals surface area contributed by atoms with Crippen molar-refractivity contribution in [3.8, 4) is 0 Å². The van der Waals surface area contributed by atoms with Crippen LogP contribution in [0, 0.1) is 11.3 Å². The van der Waals surface area contributed by atoms with Gasteiger partial charge in [0, 0.05) is 6.04 Å². The van der Waals surface area contributed by atoms with Crippen LogP contribution >= 0.6 is 0 Å². The molecule has 0 aromatic heterocycles. The van der Waals surface area contributed by atoms with Crippen LogP contribution < -0.4 is 0 Å². The number of aliphatic hydroxyl groups is 1. The van der Waals surface area contributed by atoms with Gasteiger partial charge in [-0.2, -0.15) is 0 Å². The van der Waals surface area contributed by atoms with Crippen LogP contribution in [0.25, 0.3) is 0 Å². The van der Waals surface area contributed by atoms with Gasteiger partial charge >= 0.3 is 0 Å². The maximum absolute atomic E-state index is 9.88. The molecule has 1 aliphatic rings. The highest BCUT2D eigenvalue weighted by Gasteiger charge is 2.35. The van der Waals surface area contributed by atoms with E-state index >= 15 is 0 Å². The Morgan fingerprint density at radius 2 is 1.71 bits per heavy atom. The topological polar surface area (TPSA) is 23.5 Å². The molecule has 3 atom stereocenters. The molecular formula is C12H25NO. The summed E-state index contributed by atoms with van der Waals surface area (Å²) in [6.07, 6.45) is 3.15. The summed E-state index contributed by atoms with van der Waals surface area (Å²) in [4.78, 5) is 2.17. The average molecular weight is 199 g/mol. The van der Waals surface area contributed by atoms with Crippen molar-refractivity contribution >= 4 is 0 Å². The predicted molar refractivity (Wildman–Crippen MR) is 60.3 cm³/mol. The van der Waals surface area contributed by atoms with Crippen molar-refractivity contribution in [1.82, 2.24) is 4.90 Å². The van der Waals surface area contributed by atoms with E-state index in [4.69, 9.17) is 0 Å². The van der Waals surface area contributed by atoms with Crippen molar-refractivity contribution in [2.24, 2.45) is 11.3 Å². The first kappa shape index (κ1) is 12.0. The Kier molecular flexibility index (Phi) is 3.59. The second-order valence-electron chi connectivity index (χ2n) is 5.97. The van der Waals surface area contributed by atoms with E-state index in [1.165, 1.54) is 6.42 Å². The van der Waals surface area contributed by atoms with Crippen molar-refractivity contribution in [1.29, 1.82) is 0 Å². The lowest BCUT2D eigenvalue weighted by Gasteiger charge is -2.42. The fourth-order valence-corrected chi connectivity index (χ4v) is 2.47. The second kappa shape index (κ2) is 4.19. The fraction of sp³-hybridized carbons (Fsp3) is 1.00. The first-order valence-electron chi connectivity index (χ1n) is 5.67. The summed E-state index contributed by atoms with van der Waals surface area (Å²) in [5, 5.41) is 9.88. The first-order valence-corrected chi connectivity index (χ1v) is 5.67. The van der Waals surface area contributed by atoms with Crippen LogP contribution in [0.4, 0.5) is 0 Å². The van der Waals surface area contributed by atoms with Crippen LogP contribution in [0.5, 0.6) is 0 Å². The molecule has 1 saturated carbocycles. The summed E-state index contributed by atoms with van der Waals surface area (Å²) in [5.74, 6) is 0.748. The molecule has 0 aromatic rings. The smallest absolute Gasteiger partial charge is 0.0695 e. The Hall–Kier alpha value is -0.0800. The summed E-state index contributed by atoms with van der Waals surface area (Å²) < 4.78 is 0. The number of hydrogen-bond acceptors (Lipinski definition) is 2. The van der Waals surface area contributed by atoms with Gasteiger partial charge in [-0.15, -0.1) is 0 Å². The summed E-state index contributed by atoms with van der Waals surface area (Å²) in [5.41, 5.74) is 0.383. The Morgan fingerprint density at radius 1 is 1.14 bits per heavy atom. The second-order valence-corrected chi connectivity index (χ2v) is 5.97. The molecule has 1 N–H and O–H groups in total. The van der Waals surface area contributed by atoms with E-state index in [0.717, 1.165) is 18.8 Å². The van der Waals surface area contributed by atoms with Gasteiger partial charge in [0.25, 0.3) is 0 Å². The summed E-state index contributed by atoms with van der Waals surface area (Å²) >= 11 is 0. The molecule has 0 aliphatic heterocycles. The van der Waals surface area contributed by atoms with Crippen LogP contribution in [-0.2, 0) is 0 Å². The molecule has 2 heteroatoms. The fourth-order valence-electron chi connectivity index (χ4n) is 2.47. The van der Waals surface area contributed by atoms with Gasteiger partial charge in [0.1, 0.15) is 0 Å². The van der Waals surface area contributed by atoms with Crippen molar-refractivity contribution in [3.05, 3.63) is 0 Å². The predicted octanol–water partition coefficient (Wildman–Crippen LogP) is 2.12. The van der Waals surface area contributed by atoms with Crippen LogP contribution in [-0.4, -0.2) is 36.2 Å². The summed E-state index contributed by atoms with van der Waals surface area (Å²) in [7, 11) is 4.14.